The highest BCUT2D eigenvalue weighted by molar-refractivity contribution is 5.83. The van der Waals surface area contributed by atoms with E-state index in [1.54, 1.807) is 0 Å². The van der Waals surface area contributed by atoms with Gasteiger partial charge in [0.05, 0.1) is 38.7 Å². The lowest BCUT2D eigenvalue weighted by atomic mass is 9.95. The van der Waals surface area contributed by atoms with Crippen LogP contribution in [-0.2, 0) is 124 Å². The molecule has 0 aromatic rings. The zero-order chi connectivity index (χ0) is 80.1. The van der Waals surface area contributed by atoms with Gasteiger partial charge in [0, 0.05) is 0 Å². The van der Waals surface area contributed by atoms with E-state index in [0.29, 0.717) is 0 Å². The molecule has 0 amide bonds. The molecule has 107 heavy (non-hydrogen) atoms. The molecule has 6 saturated heterocycles. The monoisotopic (exact) mass is 1570 g/mol. The summed E-state index contributed by atoms with van der Waals surface area (Å²) in [5.74, 6) is -17.4. The molecule has 6 aliphatic rings. The third-order valence-electron chi connectivity index (χ3n) is 16.7. The molecule has 0 saturated carbocycles. The van der Waals surface area contributed by atoms with Crippen molar-refractivity contribution in [3.8, 4) is 0 Å². The van der Waals surface area contributed by atoms with E-state index in [1.165, 1.54) is 0 Å². The van der Waals surface area contributed by atoms with Crippen molar-refractivity contribution < 1.29 is 251 Å². The van der Waals surface area contributed by atoms with Crippen LogP contribution in [0.4, 0.5) is 0 Å². The van der Waals surface area contributed by atoms with Crippen LogP contribution in [0.25, 0.3) is 0 Å². The number of carboxylic acids is 5. The van der Waals surface area contributed by atoms with Crippen molar-refractivity contribution in [2.24, 2.45) is 0 Å². The van der Waals surface area contributed by atoms with E-state index in [2.05, 4.69) is 0 Å². The lowest BCUT2D eigenvalue weighted by Gasteiger charge is -2.50. The molecule has 6 aliphatic heterocycles. The highest BCUT2D eigenvalue weighted by Crippen LogP contribution is 2.38. The Hall–Kier alpha value is -6.54. The molecule has 25 N–H and O–H groups in total. The second-order valence-electron chi connectivity index (χ2n) is 24.6. The normalized spacial score (nSPS) is 38.8. The Morgan fingerprint density at radius 1 is 0.252 bits per heavy atom. The van der Waals surface area contributed by atoms with Gasteiger partial charge in [-0.2, -0.15) is 0 Å². The molecular formula is C56H82O51. The van der Waals surface area contributed by atoms with Gasteiger partial charge in [-0.1, -0.05) is 0 Å². The number of hydrogen-bond acceptors (Lipinski definition) is 46. The smallest absolute Gasteiger partial charge is 0.335 e. The average Bonchev–Trinajstić information content (AvgIpc) is 0.776. The molecule has 0 spiro atoms. The van der Waals surface area contributed by atoms with E-state index in [-0.39, 0.29) is 0 Å². The summed E-state index contributed by atoms with van der Waals surface area (Å²) in [6, 6.07) is 0. The Morgan fingerprint density at radius 3 is 0.645 bits per heavy atom. The molecule has 612 valence electrons. The number of aliphatic carboxylic acids is 5. The Balaban J connectivity index is 1.32. The van der Waals surface area contributed by atoms with Crippen LogP contribution in [0.1, 0.15) is 32.1 Å². The fourth-order valence-corrected chi connectivity index (χ4v) is 11.0. The summed E-state index contributed by atoms with van der Waals surface area (Å²) in [5, 5.41) is 264. The van der Waals surface area contributed by atoms with Crippen molar-refractivity contribution in [2.75, 3.05) is 39.6 Å². The minimum absolute atomic E-state index is 1.05. The maximum atomic E-state index is 13.0. The van der Waals surface area contributed by atoms with Crippen LogP contribution in [0.2, 0.25) is 0 Å². The quantitative estimate of drug-likeness (QED) is 0.0205. The molecule has 6 heterocycles. The van der Waals surface area contributed by atoms with E-state index in [4.69, 9.17) is 86.0 Å². The van der Waals surface area contributed by atoms with Crippen molar-refractivity contribution in [1.82, 2.24) is 0 Å². The lowest BCUT2D eigenvalue weighted by molar-refractivity contribution is -0.396. The van der Waals surface area contributed by atoms with Gasteiger partial charge in [0.15, 0.2) is 68.3 Å². The molecule has 35 unspecified atom stereocenters. The minimum atomic E-state index is -2.73. The molecule has 0 bridgehead atoms. The van der Waals surface area contributed by atoms with Gasteiger partial charge < -0.3 is 203 Å². The minimum Gasteiger partial charge on any atom is -0.481 e. The van der Waals surface area contributed by atoms with E-state index in [9.17, 15) is 165 Å². The highest BCUT2D eigenvalue weighted by atomic mass is 16.8. The average molecular weight is 1570 g/mol. The zero-order valence-corrected chi connectivity index (χ0v) is 54.8. The van der Waals surface area contributed by atoms with Gasteiger partial charge in [0.1, 0.15) is 180 Å². The first-order valence-corrected chi connectivity index (χ1v) is 31.7. The first-order chi connectivity index (χ1) is 50.1. The van der Waals surface area contributed by atoms with Gasteiger partial charge >= 0.3 is 59.7 Å². The number of carbonyl (C=O) groups excluding carboxylic acids is 5. The zero-order valence-electron chi connectivity index (χ0n) is 54.8. The summed E-state index contributed by atoms with van der Waals surface area (Å²) < 4.78 is 86.9. The Morgan fingerprint density at radius 2 is 0.439 bits per heavy atom. The molecule has 0 radical (unpaired) electrons. The Labute approximate surface area is 596 Å². The molecular weight excluding hydrogens is 1490 g/mol. The standard InChI is InChI=1S/C56H82O51/c57-6-17-28(73)29(74)36(81)52(98-17)104-42-19(8-93-47(87)13(59)2-24(65)66)100-54(38(83)31(42)76)106-44-21(10-95-49(89)15(61)4-26(69)70)102-56(40(85)33(44)78)107-45-22(11-96-50(90)16(62)5-27(71)72)101-55(39(84)34(45)79)105-43-20(9-94-48(88)14(60)3-25(67)68)99-53(37(82)32(43)77)103-41-18(97-51(91)35(80)30(41)75)7-92-46(86)12(58)1-23(63)64/h12-22,28-45,51-62,73-85,91H,1-11H2,(H,63,64)(H,65,66)(H,67,68)(H,69,70)(H,71,72). The van der Waals surface area contributed by atoms with Crippen LogP contribution in [0.3, 0.4) is 0 Å². The number of rotatable bonds is 36. The number of hydrogen-bond donors (Lipinski definition) is 25. The number of esters is 5. The lowest BCUT2D eigenvalue weighted by Crippen LogP contribution is -2.68. The second kappa shape index (κ2) is 39.9. The predicted molar refractivity (Wildman–Crippen MR) is 310 cm³/mol. The van der Waals surface area contributed by atoms with Gasteiger partial charge in [0.25, 0.3) is 0 Å². The van der Waals surface area contributed by atoms with E-state index < -0.39 is 346 Å². The van der Waals surface area contributed by atoms with E-state index in [1.807, 2.05) is 0 Å². The highest BCUT2D eigenvalue weighted by Gasteiger charge is 2.59. The van der Waals surface area contributed by atoms with Gasteiger partial charge in [0.2, 0.25) is 0 Å². The molecule has 51 nitrogen and oxygen atoms in total. The van der Waals surface area contributed by atoms with E-state index >= 15 is 0 Å². The van der Waals surface area contributed by atoms with Gasteiger partial charge in [-0.05, 0) is 0 Å². The van der Waals surface area contributed by atoms with Crippen LogP contribution >= 0.6 is 0 Å². The number of aliphatic hydroxyl groups is 20. The van der Waals surface area contributed by atoms with Crippen molar-refractivity contribution >= 4 is 59.7 Å². The topological polar surface area (TPSA) is 824 Å². The largest absolute Gasteiger partial charge is 0.481 e. The van der Waals surface area contributed by atoms with Crippen LogP contribution < -0.4 is 0 Å². The summed E-state index contributed by atoms with van der Waals surface area (Å²) in [6.07, 6.45) is -90.2. The summed E-state index contributed by atoms with van der Waals surface area (Å²) in [4.78, 5) is 121. The second-order valence-corrected chi connectivity index (χ2v) is 24.6. The van der Waals surface area contributed by atoms with E-state index in [0.717, 1.165) is 0 Å². The molecule has 0 aliphatic carbocycles. The number of ether oxygens (including phenoxy) is 16. The first-order valence-electron chi connectivity index (χ1n) is 31.7. The van der Waals surface area contributed by atoms with Crippen LogP contribution in [0.15, 0.2) is 0 Å². The molecule has 0 aromatic heterocycles. The maximum Gasteiger partial charge on any atom is 0.335 e. The fraction of sp³-hybridized carbons (Fsp3) is 0.821. The first kappa shape index (κ1) is 89.4. The SMILES string of the molecule is O=C(O)CC(O)C(=O)OCC1OC(O)C(O)C(O)C1OC1OC(COC(=O)C(O)CC(=O)O)C(OC2OC(COC(=O)C(O)CC(=O)O)C(OC3OC(COC(=O)C(O)CC(=O)O)C(OC4OC(COC(=O)C(O)CC(=O)O)C(OC5OC(CO)C(O)C(O)C5O)C(O)C4O)C(O)C3O)C(O)C2O)C(O)C1O. The third-order valence-corrected chi connectivity index (χ3v) is 16.7. The third kappa shape index (κ3) is 23.5. The summed E-state index contributed by atoms with van der Waals surface area (Å²) >= 11 is 0. The number of carboxylic acid groups (broad SMARTS) is 5. The van der Waals surface area contributed by atoms with Crippen molar-refractivity contribution in [3.05, 3.63) is 0 Å². The predicted octanol–water partition coefficient (Wildman–Crippen LogP) is -17.2. The number of carbonyl (C=O) groups is 10. The van der Waals surface area contributed by atoms with Gasteiger partial charge in [-0.25, -0.2) is 24.0 Å². The van der Waals surface area contributed by atoms with Crippen LogP contribution in [-0.4, -0.2) is 442 Å². The summed E-state index contributed by atoms with van der Waals surface area (Å²) in [7, 11) is 0. The molecule has 6 rings (SSSR count). The van der Waals surface area contributed by atoms with Gasteiger partial charge in [-0.3, -0.25) is 24.0 Å². The Kier molecular flexibility index (Phi) is 33.3. The summed E-state index contributed by atoms with van der Waals surface area (Å²) in [6.45, 7) is -7.74. The molecule has 35 atom stereocenters. The fourth-order valence-electron chi connectivity index (χ4n) is 11.0. The van der Waals surface area contributed by atoms with Crippen molar-refractivity contribution in [2.45, 2.75) is 247 Å². The molecule has 6 fully saturated rings. The maximum absolute atomic E-state index is 13.0. The molecule has 51 heteroatoms. The molecule has 0 aromatic carbocycles. The number of aliphatic hydroxyl groups excluding tert-OH is 20. The van der Waals surface area contributed by atoms with Crippen molar-refractivity contribution in [1.29, 1.82) is 0 Å². The Bertz CT molecular complexity index is 2980. The van der Waals surface area contributed by atoms with Crippen molar-refractivity contribution in [3.63, 3.8) is 0 Å². The van der Waals surface area contributed by atoms with Crippen LogP contribution in [0, 0.1) is 0 Å². The summed E-state index contributed by atoms with van der Waals surface area (Å²) in [5.41, 5.74) is 0. The van der Waals surface area contributed by atoms with Crippen LogP contribution in [0.5, 0.6) is 0 Å². The van der Waals surface area contributed by atoms with Gasteiger partial charge in [-0.15, -0.1) is 0 Å².